The summed E-state index contributed by atoms with van der Waals surface area (Å²) >= 11 is 1.78. The second-order valence-electron chi connectivity index (χ2n) is 4.38. The van der Waals surface area contributed by atoms with E-state index in [1.165, 1.54) is 17.8 Å². The summed E-state index contributed by atoms with van der Waals surface area (Å²) < 4.78 is 0. The van der Waals surface area contributed by atoms with Crippen molar-refractivity contribution in [3.05, 3.63) is 16.1 Å². The molecule has 1 aromatic rings. The molecule has 3 heteroatoms. The Hall–Kier alpha value is -0.410. The van der Waals surface area contributed by atoms with E-state index in [-0.39, 0.29) is 0 Å². The minimum absolute atomic E-state index is 0.444. The van der Waals surface area contributed by atoms with Crippen molar-refractivity contribution in [2.75, 3.05) is 6.54 Å². The summed E-state index contributed by atoms with van der Waals surface area (Å²) in [4.78, 5) is 4.57. The van der Waals surface area contributed by atoms with Crippen molar-refractivity contribution in [2.45, 2.75) is 53.0 Å². The van der Waals surface area contributed by atoms with Gasteiger partial charge in [-0.25, -0.2) is 4.98 Å². The van der Waals surface area contributed by atoms with E-state index in [1.54, 1.807) is 11.3 Å². The molecule has 1 rings (SSSR count). The molecule has 2 nitrogen and oxygen atoms in total. The molecule has 1 heterocycles. The van der Waals surface area contributed by atoms with Crippen LogP contribution in [0, 0.1) is 12.8 Å². The highest BCUT2D eigenvalue weighted by Crippen LogP contribution is 2.21. The summed E-state index contributed by atoms with van der Waals surface area (Å²) in [6.07, 6.45) is 3.64. The van der Waals surface area contributed by atoms with Crippen LogP contribution in [0.2, 0.25) is 0 Å². The minimum Gasteiger partial charge on any atom is -0.308 e. The molecule has 0 bridgehead atoms. The molecule has 1 N–H and O–H groups in total. The summed E-state index contributed by atoms with van der Waals surface area (Å²) in [6, 6.07) is 0.444. The zero-order valence-corrected chi connectivity index (χ0v) is 11.7. The van der Waals surface area contributed by atoms with Crippen molar-refractivity contribution in [1.82, 2.24) is 10.3 Å². The zero-order valence-electron chi connectivity index (χ0n) is 10.9. The van der Waals surface area contributed by atoms with Gasteiger partial charge in [-0.3, -0.25) is 0 Å². The standard InChI is InChI=1S/C13H24N2S/c1-5-11(6-2)8-14-12(7-3)13-15-10(4)9-16-13/h9,11-12,14H,5-8H2,1-4H3. The van der Waals surface area contributed by atoms with Crippen LogP contribution in [0.5, 0.6) is 0 Å². The van der Waals surface area contributed by atoms with Gasteiger partial charge in [0.15, 0.2) is 0 Å². The SMILES string of the molecule is CCC(CC)CNC(CC)c1nc(C)cs1. The Morgan fingerprint density at radius 2 is 1.94 bits per heavy atom. The van der Waals surface area contributed by atoms with Crippen LogP contribution in [0.1, 0.15) is 56.8 Å². The molecular formula is C13H24N2S. The Balaban J connectivity index is 2.49. The second kappa shape index (κ2) is 7.02. The zero-order chi connectivity index (χ0) is 12.0. The third-order valence-corrected chi connectivity index (χ3v) is 4.23. The fourth-order valence-electron chi connectivity index (χ4n) is 1.82. The first kappa shape index (κ1) is 13.7. The number of aromatic nitrogens is 1. The van der Waals surface area contributed by atoms with E-state index < -0.39 is 0 Å². The predicted molar refractivity (Wildman–Crippen MR) is 72.0 cm³/mol. The van der Waals surface area contributed by atoms with Crippen LogP contribution in [-0.2, 0) is 0 Å². The Morgan fingerprint density at radius 3 is 2.38 bits per heavy atom. The number of rotatable bonds is 7. The average Bonchev–Trinajstić information content (AvgIpc) is 2.71. The quantitative estimate of drug-likeness (QED) is 0.781. The highest BCUT2D eigenvalue weighted by atomic mass is 32.1. The Morgan fingerprint density at radius 1 is 1.25 bits per heavy atom. The van der Waals surface area contributed by atoms with Gasteiger partial charge in [0.1, 0.15) is 5.01 Å². The number of thiazole rings is 1. The lowest BCUT2D eigenvalue weighted by Gasteiger charge is -2.19. The number of nitrogens with one attached hydrogen (secondary N) is 1. The molecule has 92 valence electrons. The van der Waals surface area contributed by atoms with E-state index >= 15 is 0 Å². The minimum atomic E-state index is 0.444. The van der Waals surface area contributed by atoms with Gasteiger partial charge in [-0.05, 0) is 25.8 Å². The summed E-state index contributed by atoms with van der Waals surface area (Å²) in [5, 5.41) is 7.03. The molecule has 0 aromatic carbocycles. The first-order valence-electron chi connectivity index (χ1n) is 6.36. The van der Waals surface area contributed by atoms with Crippen LogP contribution in [0.15, 0.2) is 5.38 Å². The maximum absolute atomic E-state index is 4.57. The first-order valence-corrected chi connectivity index (χ1v) is 7.24. The predicted octanol–water partition coefficient (Wildman–Crippen LogP) is 3.93. The van der Waals surface area contributed by atoms with Gasteiger partial charge in [0.2, 0.25) is 0 Å². The van der Waals surface area contributed by atoms with Gasteiger partial charge in [0, 0.05) is 11.1 Å². The van der Waals surface area contributed by atoms with Crippen LogP contribution in [0.4, 0.5) is 0 Å². The van der Waals surface area contributed by atoms with Crippen molar-refractivity contribution in [3.63, 3.8) is 0 Å². The number of hydrogen-bond acceptors (Lipinski definition) is 3. The van der Waals surface area contributed by atoms with Crippen LogP contribution in [0.3, 0.4) is 0 Å². The summed E-state index contributed by atoms with van der Waals surface area (Å²) in [6.45, 7) is 9.94. The smallest absolute Gasteiger partial charge is 0.110 e. The fourth-order valence-corrected chi connectivity index (χ4v) is 2.78. The van der Waals surface area contributed by atoms with E-state index in [1.807, 2.05) is 0 Å². The molecule has 0 aliphatic rings. The Bertz CT molecular complexity index is 292. The lowest BCUT2D eigenvalue weighted by atomic mass is 10.0. The topological polar surface area (TPSA) is 24.9 Å². The normalized spacial score (nSPS) is 13.3. The van der Waals surface area contributed by atoms with Crippen molar-refractivity contribution >= 4 is 11.3 Å². The Labute approximate surface area is 103 Å². The van der Waals surface area contributed by atoms with Crippen LogP contribution < -0.4 is 5.32 Å². The Kier molecular flexibility index (Phi) is 5.99. The van der Waals surface area contributed by atoms with Crippen molar-refractivity contribution in [1.29, 1.82) is 0 Å². The van der Waals surface area contributed by atoms with Crippen LogP contribution in [-0.4, -0.2) is 11.5 Å². The van der Waals surface area contributed by atoms with E-state index in [4.69, 9.17) is 0 Å². The van der Waals surface area contributed by atoms with Gasteiger partial charge in [0.25, 0.3) is 0 Å². The molecule has 0 aliphatic carbocycles. The molecular weight excluding hydrogens is 216 g/mol. The molecule has 0 fully saturated rings. The molecule has 0 saturated carbocycles. The lowest BCUT2D eigenvalue weighted by Crippen LogP contribution is -2.26. The van der Waals surface area contributed by atoms with Gasteiger partial charge in [-0.1, -0.05) is 33.6 Å². The van der Waals surface area contributed by atoms with Crippen molar-refractivity contribution < 1.29 is 0 Å². The highest BCUT2D eigenvalue weighted by Gasteiger charge is 2.13. The van der Waals surface area contributed by atoms with E-state index in [2.05, 4.69) is 43.4 Å². The molecule has 0 spiro atoms. The van der Waals surface area contributed by atoms with Gasteiger partial charge in [-0.15, -0.1) is 11.3 Å². The number of hydrogen-bond donors (Lipinski definition) is 1. The maximum Gasteiger partial charge on any atom is 0.110 e. The molecule has 1 unspecified atom stereocenters. The van der Waals surface area contributed by atoms with Crippen LogP contribution >= 0.6 is 11.3 Å². The summed E-state index contributed by atoms with van der Waals surface area (Å²) in [7, 11) is 0. The van der Waals surface area contributed by atoms with Gasteiger partial charge < -0.3 is 5.32 Å². The lowest BCUT2D eigenvalue weighted by molar-refractivity contribution is 0.405. The van der Waals surface area contributed by atoms with Crippen molar-refractivity contribution in [2.24, 2.45) is 5.92 Å². The first-order chi connectivity index (χ1) is 7.71. The van der Waals surface area contributed by atoms with Crippen LogP contribution in [0.25, 0.3) is 0 Å². The maximum atomic E-state index is 4.57. The molecule has 0 amide bonds. The fraction of sp³-hybridized carbons (Fsp3) is 0.769. The molecule has 0 saturated heterocycles. The number of aryl methyl sites for hydroxylation is 1. The van der Waals surface area contributed by atoms with Gasteiger partial charge in [-0.2, -0.15) is 0 Å². The molecule has 0 radical (unpaired) electrons. The number of nitrogens with zero attached hydrogens (tertiary/aromatic N) is 1. The molecule has 1 aromatic heterocycles. The third-order valence-electron chi connectivity index (χ3n) is 3.15. The second-order valence-corrected chi connectivity index (χ2v) is 5.27. The third kappa shape index (κ3) is 3.87. The monoisotopic (exact) mass is 240 g/mol. The molecule has 16 heavy (non-hydrogen) atoms. The summed E-state index contributed by atoms with van der Waals surface area (Å²) in [5.41, 5.74) is 1.14. The van der Waals surface area contributed by atoms with E-state index in [0.717, 1.165) is 24.6 Å². The van der Waals surface area contributed by atoms with E-state index in [9.17, 15) is 0 Å². The molecule has 1 atom stereocenters. The van der Waals surface area contributed by atoms with E-state index in [0.29, 0.717) is 6.04 Å². The molecule has 0 aliphatic heterocycles. The van der Waals surface area contributed by atoms with Gasteiger partial charge >= 0.3 is 0 Å². The largest absolute Gasteiger partial charge is 0.308 e. The summed E-state index contributed by atoms with van der Waals surface area (Å²) in [5.74, 6) is 0.801. The highest BCUT2D eigenvalue weighted by molar-refractivity contribution is 7.09. The van der Waals surface area contributed by atoms with Gasteiger partial charge in [0.05, 0.1) is 6.04 Å². The van der Waals surface area contributed by atoms with Crippen molar-refractivity contribution in [3.8, 4) is 0 Å². The average molecular weight is 240 g/mol.